The van der Waals surface area contributed by atoms with Gasteiger partial charge in [0.2, 0.25) is 5.89 Å². The Labute approximate surface area is 214 Å². The Bertz CT molecular complexity index is 1610. The maximum Gasteiger partial charge on any atom is 0.251 e. The molecule has 0 amide bonds. The van der Waals surface area contributed by atoms with Crippen LogP contribution in [0.15, 0.2) is 65.3 Å². The highest BCUT2D eigenvalue weighted by atomic mass is 35.5. The Kier molecular flexibility index (Phi) is 6.38. The Morgan fingerprint density at radius 3 is 2.78 bits per heavy atom. The average Bonchev–Trinajstić information content (AvgIpc) is 3.50. The highest BCUT2D eigenvalue weighted by Crippen LogP contribution is 2.36. The van der Waals surface area contributed by atoms with E-state index in [1.807, 2.05) is 31.2 Å². The van der Waals surface area contributed by atoms with Crippen molar-refractivity contribution >= 4 is 23.2 Å². The SMILES string of the molecule is Cc1c(-c2nnc(Cc3ccc(Cl)c(Oc4cc(Cl)cc(C#N)c4)c3F)o2)cnn1-c1ccccn1. The summed E-state index contributed by atoms with van der Waals surface area (Å²) in [6, 6.07) is 14.9. The normalized spacial score (nSPS) is 10.9. The summed E-state index contributed by atoms with van der Waals surface area (Å²) in [5, 5.41) is 22.0. The first-order valence-corrected chi connectivity index (χ1v) is 11.3. The summed E-state index contributed by atoms with van der Waals surface area (Å²) in [7, 11) is 0. The number of ether oxygens (including phenoxy) is 1. The molecular formula is C25H15Cl2FN6O2. The molecule has 5 rings (SSSR count). The average molecular weight is 521 g/mol. The quantitative estimate of drug-likeness (QED) is 0.257. The van der Waals surface area contributed by atoms with Crippen LogP contribution in [0.25, 0.3) is 17.3 Å². The zero-order chi connectivity index (χ0) is 25.2. The lowest BCUT2D eigenvalue weighted by Gasteiger charge is -2.11. The van der Waals surface area contributed by atoms with E-state index in [1.54, 1.807) is 17.1 Å². The number of nitriles is 1. The van der Waals surface area contributed by atoms with Gasteiger partial charge in [-0.2, -0.15) is 10.4 Å². The summed E-state index contributed by atoms with van der Waals surface area (Å²) in [6.07, 6.45) is 3.28. The lowest BCUT2D eigenvalue weighted by Crippen LogP contribution is -2.00. The lowest BCUT2D eigenvalue weighted by molar-refractivity contribution is 0.437. The summed E-state index contributed by atoms with van der Waals surface area (Å²) in [5.74, 6) is 0.374. The Morgan fingerprint density at radius 2 is 2.00 bits per heavy atom. The van der Waals surface area contributed by atoms with Gasteiger partial charge in [-0.25, -0.2) is 14.1 Å². The molecule has 0 saturated carbocycles. The van der Waals surface area contributed by atoms with Crippen LogP contribution in [0.5, 0.6) is 11.5 Å². The fraction of sp³-hybridized carbons (Fsp3) is 0.0800. The van der Waals surface area contributed by atoms with Crippen molar-refractivity contribution in [3.05, 3.63) is 99.5 Å². The van der Waals surface area contributed by atoms with Crippen LogP contribution in [0.1, 0.15) is 22.7 Å². The predicted molar refractivity (Wildman–Crippen MR) is 130 cm³/mol. The second-order valence-electron chi connectivity index (χ2n) is 7.66. The van der Waals surface area contributed by atoms with Gasteiger partial charge >= 0.3 is 0 Å². The van der Waals surface area contributed by atoms with Gasteiger partial charge in [-0.15, -0.1) is 10.2 Å². The first kappa shape index (κ1) is 23.5. The van der Waals surface area contributed by atoms with Gasteiger partial charge in [-0.05, 0) is 43.3 Å². The number of nitrogens with zero attached hydrogens (tertiary/aromatic N) is 6. The molecule has 0 aliphatic heterocycles. The van der Waals surface area contributed by atoms with Crippen molar-refractivity contribution in [3.63, 3.8) is 0 Å². The molecule has 0 radical (unpaired) electrons. The molecule has 0 saturated heterocycles. The van der Waals surface area contributed by atoms with Gasteiger partial charge in [0.15, 0.2) is 17.4 Å². The van der Waals surface area contributed by atoms with Crippen molar-refractivity contribution in [3.8, 4) is 34.8 Å². The van der Waals surface area contributed by atoms with E-state index in [-0.39, 0.29) is 50.9 Å². The van der Waals surface area contributed by atoms with E-state index in [0.29, 0.717) is 11.4 Å². The number of halogens is 3. The van der Waals surface area contributed by atoms with Gasteiger partial charge in [0.05, 0.1) is 40.5 Å². The fourth-order valence-electron chi connectivity index (χ4n) is 3.53. The third-order valence-corrected chi connectivity index (χ3v) is 5.78. The first-order chi connectivity index (χ1) is 17.4. The smallest absolute Gasteiger partial charge is 0.251 e. The van der Waals surface area contributed by atoms with Gasteiger partial charge in [-0.1, -0.05) is 35.3 Å². The Hall–Kier alpha value is -4.26. The lowest BCUT2D eigenvalue weighted by atomic mass is 10.1. The molecule has 0 N–H and O–H groups in total. The van der Waals surface area contributed by atoms with Crippen molar-refractivity contribution in [2.45, 2.75) is 13.3 Å². The largest absolute Gasteiger partial charge is 0.453 e. The minimum absolute atomic E-state index is 0.00121. The van der Waals surface area contributed by atoms with E-state index >= 15 is 4.39 Å². The molecule has 0 atom stereocenters. The molecule has 0 unspecified atom stereocenters. The van der Waals surface area contributed by atoms with E-state index in [2.05, 4.69) is 20.3 Å². The minimum Gasteiger partial charge on any atom is -0.453 e. The van der Waals surface area contributed by atoms with Crippen LogP contribution >= 0.6 is 23.2 Å². The van der Waals surface area contributed by atoms with Crippen molar-refractivity contribution in [2.75, 3.05) is 0 Å². The van der Waals surface area contributed by atoms with Gasteiger partial charge in [0.25, 0.3) is 5.89 Å². The number of benzene rings is 2. The summed E-state index contributed by atoms with van der Waals surface area (Å²) < 4.78 is 28.5. The van der Waals surface area contributed by atoms with Crippen LogP contribution in [-0.2, 0) is 6.42 Å². The van der Waals surface area contributed by atoms with E-state index in [1.165, 1.54) is 30.3 Å². The second-order valence-corrected chi connectivity index (χ2v) is 8.50. The monoisotopic (exact) mass is 520 g/mol. The zero-order valence-electron chi connectivity index (χ0n) is 18.6. The highest BCUT2D eigenvalue weighted by molar-refractivity contribution is 6.32. The molecule has 0 bridgehead atoms. The maximum absolute atomic E-state index is 15.4. The van der Waals surface area contributed by atoms with E-state index in [0.717, 1.165) is 5.69 Å². The standard InChI is InChI=1S/C25H15Cl2FN6O2/c1-14-19(13-31-34(14)21-4-2-3-7-30-21)25-33-32-22(36-25)10-16-5-6-20(27)24(23(16)28)35-18-9-15(12-29)8-17(26)11-18/h2-9,11,13H,10H2,1H3. The van der Waals surface area contributed by atoms with Crippen LogP contribution in [0.4, 0.5) is 4.39 Å². The van der Waals surface area contributed by atoms with Crippen molar-refractivity contribution in [1.29, 1.82) is 5.26 Å². The summed E-state index contributed by atoms with van der Waals surface area (Å²) in [5.41, 5.74) is 1.89. The molecule has 0 aliphatic rings. The molecular weight excluding hydrogens is 506 g/mol. The van der Waals surface area contributed by atoms with E-state index < -0.39 is 5.82 Å². The van der Waals surface area contributed by atoms with E-state index in [9.17, 15) is 0 Å². The molecule has 0 aliphatic carbocycles. The zero-order valence-corrected chi connectivity index (χ0v) is 20.1. The summed E-state index contributed by atoms with van der Waals surface area (Å²) in [6.45, 7) is 1.86. The van der Waals surface area contributed by atoms with Gasteiger partial charge < -0.3 is 9.15 Å². The molecule has 3 heterocycles. The second kappa shape index (κ2) is 9.77. The van der Waals surface area contributed by atoms with Crippen molar-refractivity contribution < 1.29 is 13.5 Å². The Morgan fingerprint density at radius 1 is 1.14 bits per heavy atom. The van der Waals surface area contributed by atoms with Crippen LogP contribution in [0.2, 0.25) is 10.0 Å². The Balaban J connectivity index is 1.40. The minimum atomic E-state index is -0.695. The number of pyridine rings is 1. The number of rotatable bonds is 6. The number of hydrogen-bond donors (Lipinski definition) is 0. The van der Waals surface area contributed by atoms with Crippen LogP contribution in [-0.4, -0.2) is 25.0 Å². The molecule has 0 fully saturated rings. The van der Waals surface area contributed by atoms with Crippen LogP contribution in [0, 0.1) is 24.1 Å². The molecule has 8 nitrogen and oxygen atoms in total. The fourth-order valence-corrected chi connectivity index (χ4v) is 3.94. The first-order valence-electron chi connectivity index (χ1n) is 10.6. The molecule has 36 heavy (non-hydrogen) atoms. The molecule has 3 aromatic heterocycles. The highest BCUT2D eigenvalue weighted by Gasteiger charge is 2.20. The molecule has 0 spiro atoms. The molecule has 5 aromatic rings. The van der Waals surface area contributed by atoms with E-state index in [4.69, 9.17) is 37.6 Å². The number of hydrogen-bond acceptors (Lipinski definition) is 7. The maximum atomic E-state index is 15.4. The third kappa shape index (κ3) is 4.64. The van der Waals surface area contributed by atoms with Crippen LogP contribution < -0.4 is 4.74 Å². The van der Waals surface area contributed by atoms with Crippen molar-refractivity contribution in [1.82, 2.24) is 25.0 Å². The topological polar surface area (TPSA) is 103 Å². The van der Waals surface area contributed by atoms with Gasteiger partial charge in [0.1, 0.15) is 5.75 Å². The van der Waals surface area contributed by atoms with Gasteiger partial charge in [-0.3, -0.25) is 0 Å². The predicted octanol–water partition coefficient (Wildman–Crippen LogP) is 6.33. The summed E-state index contributed by atoms with van der Waals surface area (Å²) >= 11 is 12.2. The third-order valence-electron chi connectivity index (χ3n) is 5.26. The molecule has 178 valence electrons. The van der Waals surface area contributed by atoms with Crippen molar-refractivity contribution in [2.24, 2.45) is 0 Å². The number of aromatic nitrogens is 5. The summed E-state index contributed by atoms with van der Waals surface area (Å²) in [4.78, 5) is 4.29. The van der Waals surface area contributed by atoms with Gasteiger partial charge in [0, 0.05) is 16.8 Å². The molecule has 11 heteroatoms. The molecule has 2 aromatic carbocycles. The van der Waals surface area contributed by atoms with Crippen LogP contribution in [0.3, 0.4) is 0 Å².